The molecule has 0 aromatic carbocycles. The molecule has 0 aromatic rings. The summed E-state index contributed by atoms with van der Waals surface area (Å²) in [5, 5.41) is 11.9. The smallest absolute Gasteiger partial charge is 0.409 e. The molecule has 6 nitrogen and oxygen atoms in total. The van der Waals surface area contributed by atoms with Crippen LogP contribution in [0, 0.1) is 0 Å². The van der Waals surface area contributed by atoms with Gasteiger partial charge in [0.25, 0.3) is 0 Å². The highest BCUT2D eigenvalue weighted by atomic mass is 28.4. The quantitative estimate of drug-likeness (QED) is 0.339. The van der Waals surface area contributed by atoms with Gasteiger partial charge in [0, 0.05) is 13.1 Å². The van der Waals surface area contributed by atoms with E-state index in [1.807, 2.05) is 0 Å². The largest absolute Gasteiger partial charge is 0.484 e. The van der Waals surface area contributed by atoms with Gasteiger partial charge in [0.2, 0.25) is 10.5 Å². The Morgan fingerprint density at radius 3 is 2.87 bits per heavy atom. The Morgan fingerprint density at radius 1 is 1.60 bits per heavy atom. The molecule has 0 saturated heterocycles. The minimum Gasteiger partial charge on any atom is -0.484 e. The highest BCUT2D eigenvalue weighted by Gasteiger charge is 2.22. The van der Waals surface area contributed by atoms with Crippen LogP contribution in [0.1, 0.15) is 6.42 Å². The lowest BCUT2D eigenvalue weighted by atomic mass is 10.5. The zero-order valence-corrected chi connectivity index (χ0v) is 11.3. The second kappa shape index (κ2) is 10.5. The number of hydrogen-bond donors (Lipinski definition) is 3. The minimum absolute atomic E-state index is 0.262. The van der Waals surface area contributed by atoms with Gasteiger partial charge >= 0.3 is 24.6 Å². The van der Waals surface area contributed by atoms with Crippen molar-refractivity contribution < 1.29 is 18.1 Å². The van der Waals surface area contributed by atoms with Gasteiger partial charge < -0.3 is 24.4 Å². The molecule has 15 heavy (non-hydrogen) atoms. The third-order valence-corrected chi connectivity index (χ3v) is 4.46. The van der Waals surface area contributed by atoms with Crippen molar-refractivity contribution in [2.24, 2.45) is 5.73 Å². The maximum Gasteiger partial charge on any atom is 0.409 e. The van der Waals surface area contributed by atoms with Gasteiger partial charge in [0.05, 0.1) is 0 Å². The van der Waals surface area contributed by atoms with Crippen LogP contribution in [0.15, 0.2) is 0 Å². The standard InChI is InChI=1S/C6H14N2O4Si3/c7-2-4-8-3-1-5-15(6(9)10)12-14-11-13/h8H,1-5,7H2,(H,9,10). The molecule has 0 heterocycles. The summed E-state index contributed by atoms with van der Waals surface area (Å²) in [6.07, 6.45) is 0.771. The Balaban J connectivity index is 3.53. The second-order valence-electron chi connectivity index (χ2n) is 2.66. The number of nitrogens with two attached hydrogens (primary N) is 1. The summed E-state index contributed by atoms with van der Waals surface area (Å²) in [5.74, 6) is 0. The zero-order valence-electron chi connectivity index (χ0n) is 8.28. The van der Waals surface area contributed by atoms with Crippen LogP contribution in [0.5, 0.6) is 0 Å². The fourth-order valence-electron chi connectivity index (χ4n) is 0.874. The molecular weight excluding hydrogens is 248 g/mol. The maximum atomic E-state index is 10.7. The molecular formula is C6H14N2O4Si3. The summed E-state index contributed by atoms with van der Waals surface area (Å²) in [7, 11) is 0.687. The van der Waals surface area contributed by atoms with Gasteiger partial charge in [-0.05, 0) is 19.0 Å². The molecule has 0 unspecified atom stereocenters. The SMILES string of the molecule is NCCNCCC[Si](O[Si]O[Si])C(=O)O. The van der Waals surface area contributed by atoms with Crippen LogP contribution in [-0.4, -0.2) is 59.9 Å². The summed E-state index contributed by atoms with van der Waals surface area (Å²) >= 11 is 0. The molecule has 0 saturated carbocycles. The molecule has 0 aliphatic rings. The first-order valence-electron chi connectivity index (χ1n) is 4.46. The monoisotopic (exact) mass is 262 g/mol. The molecule has 0 aromatic heterocycles. The van der Waals surface area contributed by atoms with Crippen molar-refractivity contribution in [1.82, 2.24) is 5.32 Å². The first-order chi connectivity index (χ1) is 7.22. The van der Waals surface area contributed by atoms with Gasteiger partial charge in [-0.3, -0.25) is 4.79 Å². The third kappa shape index (κ3) is 8.92. The van der Waals surface area contributed by atoms with Crippen molar-refractivity contribution in [3.63, 3.8) is 0 Å². The highest BCUT2D eigenvalue weighted by molar-refractivity contribution is 6.85. The van der Waals surface area contributed by atoms with Gasteiger partial charge in [0.15, 0.2) is 0 Å². The Kier molecular flexibility index (Phi) is 10.5. The Morgan fingerprint density at radius 2 is 2.33 bits per heavy atom. The van der Waals surface area contributed by atoms with Crippen LogP contribution in [0.3, 0.4) is 0 Å². The van der Waals surface area contributed by atoms with E-state index in [1.165, 1.54) is 0 Å². The number of carbonyl (C=O) groups is 1. The molecule has 0 aliphatic carbocycles. The Bertz CT molecular complexity index is 174. The van der Waals surface area contributed by atoms with Gasteiger partial charge in [-0.2, -0.15) is 0 Å². The van der Waals surface area contributed by atoms with Crippen molar-refractivity contribution in [2.45, 2.75) is 12.5 Å². The van der Waals surface area contributed by atoms with Gasteiger partial charge in [-0.25, -0.2) is 0 Å². The molecule has 0 atom stereocenters. The van der Waals surface area contributed by atoms with E-state index in [2.05, 4.69) is 19.9 Å². The summed E-state index contributed by atoms with van der Waals surface area (Å²) in [5.41, 5.74) is 4.42. The number of nitrogens with one attached hydrogen (secondary N) is 1. The summed E-state index contributed by atoms with van der Waals surface area (Å²) in [4.78, 5) is 10.7. The predicted octanol–water partition coefficient (Wildman–Crippen LogP) is -1.17. The van der Waals surface area contributed by atoms with Crippen LogP contribution in [0.25, 0.3) is 0 Å². The minimum atomic E-state index is -1.81. The van der Waals surface area contributed by atoms with E-state index in [-0.39, 0.29) is 10.0 Å². The Labute approximate surface area is 96.9 Å². The van der Waals surface area contributed by atoms with Gasteiger partial charge in [-0.15, -0.1) is 0 Å². The van der Waals surface area contributed by atoms with E-state index in [0.717, 1.165) is 19.5 Å². The first-order valence-corrected chi connectivity index (χ1v) is 7.30. The van der Waals surface area contributed by atoms with Crippen molar-refractivity contribution >= 4 is 35.1 Å². The normalized spacial score (nSPS) is 10.9. The third-order valence-electron chi connectivity index (χ3n) is 1.52. The number of rotatable bonds is 10. The fraction of sp³-hybridized carbons (Fsp3) is 0.833. The van der Waals surface area contributed by atoms with Crippen molar-refractivity contribution in [3.8, 4) is 0 Å². The number of carboxylic acid groups (broad SMARTS) is 1. The number of hydrogen-bond acceptors (Lipinski definition) is 5. The average molecular weight is 262 g/mol. The van der Waals surface area contributed by atoms with Crippen LogP contribution >= 0.6 is 0 Å². The molecule has 0 spiro atoms. The summed E-state index contributed by atoms with van der Waals surface area (Å²) in [6, 6.07) is 0.556. The van der Waals surface area contributed by atoms with Gasteiger partial charge in [-0.1, -0.05) is 0 Å². The van der Waals surface area contributed by atoms with E-state index in [1.54, 1.807) is 0 Å². The van der Waals surface area contributed by atoms with Crippen molar-refractivity contribution in [3.05, 3.63) is 0 Å². The molecule has 6 radical (unpaired) electrons. The van der Waals surface area contributed by atoms with Crippen LogP contribution in [-0.2, 0) is 8.23 Å². The van der Waals surface area contributed by atoms with Crippen molar-refractivity contribution in [1.29, 1.82) is 0 Å². The lowest BCUT2D eigenvalue weighted by Crippen LogP contribution is -2.32. The van der Waals surface area contributed by atoms with Crippen LogP contribution < -0.4 is 11.1 Å². The lowest BCUT2D eigenvalue weighted by molar-refractivity contribution is 0.215. The van der Waals surface area contributed by atoms with E-state index in [4.69, 9.17) is 15.0 Å². The van der Waals surface area contributed by atoms with E-state index < -0.39 is 14.6 Å². The van der Waals surface area contributed by atoms with Crippen molar-refractivity contribution in [2.75, 3.05) is 19.6 Å². The van der Waals surface area contributed by atoms with E-state index in [0.29, 0.717) is 12.6 Å². The molecule has 0 amide bonds. The Hall–Kier alpha value is -0.0394. The van der Waals surface area contributed by atoms with E-state index in [9.17, 15) is 4.79 Å². The zero-order chi connectivity index (χ0) is 11.5. The highest BCUT2D eigenvalue weighted by Crippen LogP contribution is 1.99. The summed E-state index contributed by atoms with van der Waals surface area (Å²) in [6.45, 7) is 2.10. The average Bonchev–Trinajstić information content (AvgIpc) is 2.21. The first kappa shape index (κ1) is 15.0. The molecule has 0 aliphatic heterocycles. The molecule has 4 N–H and O–H groups in total. The molecule has 84 valence electrons. The van der Waals surface area contributed by atoms with E-state index >= 15 is 0 Å². The molecule has 0 fully saturated rings. The lowest BCUT2D eigenvalue weighted by Gasteiger charge is -2.09. The maximum absolute atomic E-state index is 10.7. The van der Waals surface area contributed by atoms with Crippen LogP contribution in [0.2, 0.25) is 6.04 Å². The molecule has 0 bridgehead atoms. The molecule has 9 heteroatoms. The summed E-state index contributed by atoms with van der Waals surface area (Å²) < 4.78 is 9.57. The fourth-order valence-corrected chi connectivity index (χ4v) is 3.29. The van der Waals surface area contributed by atoms with Crippen LogP contribution in [0.4, 0.5) is 4.79 Å². The predicted molar refractivity (Wildman–Crippen MR) is 58.8 cm³/mol. The van der Waals surface area contributed by atoms with Gasteiger partial charge in [0.1, 0.15) is 0 Å². The second-order valence-corrected chi connectivity index (χ2v) is 6.23. The molecule has 0 rings (SSSR count). The topological polar surface area (TPSA) is 93.8 Å².